The summed E-state index contributed by atoms with van der Waals surface area (Å²) in [6, 6.07) is 14.2. The van der Waals surface area contributed by atoms with Gasteiger partial charge in [-0.25, -0.2) is 0 Å². The highest BCUT2D eigenvalue weighted by atomic mass is 16.5. The fourth-order valence-electron chi connectivity index (χ4n) is 5.95. The summed E-state index contributed by atoms with van der Waals surface area (Å²) in [5.41, 5.74) is 2.68. The highest BCUT2D eigenvalue weighted by Crippen LogP contribution is 2.39. The van der Waals surface area contributed by atoms with Gasteiger partial charge in [-0.2, -0.15) is 0 Å². The van der Waals surface area contributed by atoms with Gasteiger partial charge in [-0.15, -0.1) is 0 Å². The normalized spacial score (nSPS) is 15.8. The first-order valence-corrected chi connectivity index (χ1v) is 14.8. The molecule has 1 aliphatic heterocycles. The van der Waals surface area contributed by atoms with Gasteiger partial charge in [0.25, 0.3) is 5.91 Å². The van der Waals surface area contributed by atoms with E-state index in [1.807, 2.05) is 12.1 Å². The molecule has 2 amide bonds. The average molecular weight is 552 g/mol. The smallest absolute Gasteiger partial charge is 0.262 e. The van der Waals surface area contributed by atoms with Crippen molar-refractivity contribution < 1.29 is 19.4 Å². The Morgan fingerprint density at radius 3 is 2.60 bits per heavy atom. The first kappa shape index (κ1) is 31.5. The number of hydrogen-bond acceptors (Lipinski definition) is 5. The Kier molecular flexibility index (Phi) is 12.8. The molecule has 0 saturated heterocycles. The van der Waals surface area contributed by atoms with E-state index in [-0.39, 0.29) is 37.6 Å². The molecule has 40 heavy (non-hydrogen) atoms. The number of fused-ring (bicyclic) bond motifs is 1. The zero-order valence-corrected chi connectivity index (χ0v) is 23.4. The van der Waals surface area contributed by atoms with Crippen molar-refractivity contribution in [3.8, 4) is 11.5 Å². The molecule has 220 valence electrons. The summed E-state index contributed by atoms with van der Waals surface area (Å²) in [5, 5.41) is 16.3. The molecule has 0 radical (unpaired) electrons. The molecule has 2 aromatic carbocycles. The number of aromatic hydroxyl groups is 1. The molecule has 7 nitrogen and oxygen atoms in total. The number of carbonyl (C=O) groups excluding carboxylic acids is 2. The number of rotatable bonds is 14. The van der Waals surface area contributed by atoms with Crippen molar-refractivity contribution in [3.63, 3.8) is 0 Å². The lowest BCUT2D eigenvalue weighted by atomic mass is 9.83. The van der Waals surface area contributed by atoms with Gasteiger partial charge in [-0.1, -0.05) is 69.5 Å². The van der Waals surface area contributed by atoms with Gasteiger partial charge in [0.1, 0.15) is 11.4 Å². The van der Waals surface area contributed by atoms with Crippen LogP contribution in [0.15, 0.2) is 42.5 Å². The quantitative estimate of drug-likeness (QED) is 0.195. The van der Waals surface area contributed by atoms with E-state index in [1.165, 1.54) is 37.7 Å². The molecule has 7 heteroatoms. The second kappa shape index (κ2) is 16.3. The standard InChI is InChI=1S/C32H45N3O4.CH4/c1-24(26-13-7-3-8-14-26)35(30(38)19-21-33-20-18-25-11-5-2-6-12-25)22-10-4-9-15-27-16-17-28(36)31-32(27)39-23-29(37)34-31;/h2,5-6,11-12,16-17,24,26,33,36H,3-4,7-10,13-15,18-23H2,1H3,(H,34,37);1H4/t24-;/m1./s1. The summed E-state index contributed by atoms with van der Waals surface area (Å²) >= 11 is 0. The summed E-state index contributed by atoms with van der Waals surface area (Å²) in [6.45, 7) is 4.61. The van der Waals surface area contributed by atoms with Gasteiger partial charge in [-0.05, 0) is 75.1 Å². The molecule has 1 heterocycles. The largest absolute Gasteiger partial charge is 0.506 e. The van der Waals surface area contributed by atoms with E-state index in [4.69, 9.17) is 4.74 Å². The lowest BCUT2D eigenvalue weighted by molar-refractivity contribution is -0.134. The third-order valence-corrected chi connectivity index (χ3v) is 8.27. The van der Waals surface area contributed by atoms with Crippen LogP contribution in [0.4, 0.5) is 5.69 Å². The Hall–Kier alpha value is -3.06. The summed E-state index contributed by atoms with van der Waals surface area (Å²) < 4.78 is 5.62. The lowest BCUT2D eigenvalue weighted by Crippen LogP contribution is -2.44. The molecule has 4 rings (SSSR count). The first-order valence-electron chi connectivity index (χ1n) is 14.8. The number of carbonyl (C=O) groups is 2. The molecule has 2 aliphatic rings. The molecule has 0 aromatic heterocycles. The number of hydrogen-bond donors (Lipinski definition) is 3. The number of phenolic OH excluding ortho intramolecular Hbond substituents is 1. The predicted molar refractivity (Wildman–Crippen MR) is 162 cm³/mol. The molecule has 1 fully saturated rings. The minimum absolute atomic E-state index is 0. The minimum Gasteiger partial charge on any atom is -0.506 e. The molecule has 0 spiro atoms. The van der Waals surface area contributed by atoms with Crippen molar-refractivity contribution in [2.45, 2.75) is 91.0 Å². The summed E-state index contributed by atoms with van der Waals surface area (Å²) in [7, 11) is 0. The number of nitrogens with one attached hydrogen (secondary N) is 2. The fourth-order valence-corrected chi connectivity index (χ4v) is 5.95. The van der Waals surface area contributed by atoms with Crippen molar-refractivity contribution in [1.29, 1.82) is 0 Å². The topological polar surface area (TPSA) is 90.9 Å². The number of amides is 2. The summed E-state index contributed by atoms with van der Waals surface area (Å²) in [5.74, 6) is 1.22. The molecule has 1 aliphatic carbocycles. The maximum atomic E-state index is 13.4. The Labute approximate surface area is 240 Å². The Morgan fingerprint density at radius 2 is 1.82 bits per heavy atom. The van der Waals surface area contributed by atoms with Crippen molar-refractivity contribution in [1.82, 2.24) is 10.2 Å². The van der Waals surface area contributed by atoms with Crippen LogP contribution in [0, 0.1) is 5.92 Å². The first-order chi connectivity index (χ1) is 19.0. The predicted octanol–water partition coefficient (Wildman–Crippen LogP) is 6.09. The van der Waals surface area contributed by atoms with E-state index in [0.29, 0.717) is 30.3 Å². The van der Waals surface area contributed by atoms with Gasteiger partial charge in [0.15, 0.2) is 12.4 Å². The lowest BCUT2D eigenvalue weighted by Gasteiger charge is -2.37. The highest BCUT2D eigenvalue weighted by molar-refractivity contribution is 5.97. The van der Waals surface area contributed by atoms with Crippen LogP contribution in [0.25, 0.3) is 0 Å². The third-order valence-electron chi connectivity index (χ3n) is 8.27. The second-order valence-electron chi connectivity index (χ2n) is 11.1. The summed E-state index contributed by atoms with van der Waals surface area (Å²) in [4.78, 5) is 27.2. The maximum absolute atomic E-state index is 13.4. The van der Waals surface area contributed by atoms with Crippen molar-refractivity contribution in [2.24, 2.45) is 5.92 Å². The highest BCUT2D eigenvalue weighted by Gasteiger charge is 2.28. The number of phenols is 1. The van der Waals surface area contributed by atoms with Gasteiger partial charge in [0.05, 0.1) is 0 Å². The van der Waals surface area contributed by atoms with Gasteiger partial charge in [-0.3, -0.25) is 9.59 Å². The van der Waals surface area contributed by atoms with E-state index < -0.39 is 0 Å². The molecule has 1 atom stereocenters. The van der Waals surface area contributed by atoms with Crippen molar-refractivity contribution in [3.05, 3.63) is 53.6 Å². The van der Waals surface area contributed by atoms with Gasteiger partial charge < -0.3 is 25.4 Å². The number of benzene rings is 2. The van der Waals surface area contributed by atoms with E-state index in [2.05, 4.69) is 46.7 Å². The minimum atomic E-state index is -0.252. The fraction of sp³-hybridized carbons (Fsp3) is 0.576. The van der Waals surface area contributed by atoms with E-state index in [9.17, 15) is 14.7 Å². The second-order valence-corrected chi connectivity index (χ2v) is 11.1. The number of anilines is 1. The molecule has 3 N–H and O–H groups in total. The molecule has 2 aromatic rings. The molecule has 0 bridgehead atoms. The zero-order valence-electron chi connectivity index (χ0n) is 23.4. The van der Waals surface area contributed by atoms with Crippen LogP contribution in [0.5, 0.6) is 11.5 Å². The molecule has 1 saturated carbocycles. The maximum Gasteiger partial charge on any atom is 0.262 e. The number of ether oxygens (including phenoxy) is 1. The Morgan fingerprint density at radius 1 is 1.05 bits per heavy atom. The number of nitrogens with zero attached hydrogens (tertiary/aromatic N) is 1. The number of unbranched alkanes of at least 4 members (excludes halogenated alkanes) is 2. The van der Waals surface area contributed by atoms with Crippen LogP contribution < -0.4 is 15.4 Å². The van der Waals surface area contributed by atoms with Crippen LogP contribution in [0.1, 0.15) is 83.3 Å². The monoisotopic (exact) mass is 551 g/mol. The van der Waals surface area contributed by atoms with E-state index in [0.717, 1.165) is 50.8 Å². The van der Waals surface area contributed by atoms with Crippen LogP contribution >= 0.6 is 0 Å². The molecular weight excluding hydrogens is 502 g/mol. The van der Waals surface area contributed by atoms with E-state index in [1.54, 1.807) is 6.07 Å². The molecular formula is C33H49N3O4. The van der Waals surface area contributed by atoms with Gasteiger partial charge >= 0.3 is 0 Å². The van der Waals surface area contributed by atoms with E-state index >= 15 is 0 Å². The van der Waals surface area contributed by atoms with Crippen molar-refractivity contribution >= 4 is 17.5 Å². The van der Waals surface area contributed by atoms with Crippen LogP contribution in [0.3, 0.4) is 0 Å². The summed E-state index contributed by atoms with van der Waals surface area (Å²) in [6.07, 6.45) is 11.5. The zero-order chi connectivity index (χ0) is 27.5. The van der Waals surface area contributed by atoms with Crippen LogP contribution in [0.2, 0.25) is 0 Å². The Balaban J connectivity index is 0.00000441. The van der Waals surface area contributed by atoms with Crippen LogP contribution in [-0.4, -0.2) is 54.1 Å². The number of aryl methyl sites for hydroxylation is 1. The van der Waals surface area contributed by atoms with Crippen LogP contribution in [-0.2, 0) is 22.4 Å². The third kappa shape index (κ3) is 8.98. The average Bonchev–Trinajstić information content (AvgIpc) is 2.96. The SMILES string of the molecule is C.C[C@H](C1CCCCC1)N(CCCCCc1ccc(O)c2c1OCC(=O)N2)C(=O)CCNCCc1ccccc1. The van der Waals surface area contributed by atoms with Crippen molar-refractivity contribution in [2.75, 3.05) is 31.6 Å². The van der Waals surface area contributed by atoms with Gasteiger partial charge in [0.2, 0.25) is 5.91 Å². The Bertz CT molecular complexity index is 1070. The molecule has 0 unspecified atom stereocenters. The van der Waals surface area contributed by atoms with Gasteiger partial charge in [0, 0.05) is 25.6 Å².